The molecule has 1 aromatic carbocycles. The molecule has 9 heteroatoms. The van der Waals surface area contributed by atoms with Gasteiger partial charge >= 0.3 is 5.69 Å². The Hall–Kier alpha value is -2.94. The molecule has 0 amide bonds. The van der Waals surface area contributed by atoms with Crippen molar-refractivity contribution in [3.63, 3.8) is 0 Å². The number of hydrogen-bond acceptors (Lipinski definition) is 8. The highest BCUT2D eigenvalue weighted by Gasteiger charge is 2.22. The first kappa shape index (κ1) is 21.8. The van der Waals surface area contributed by atoms with E-state index in [9.17, 15) is 10.1 Å². The number of hydrogen-bond donors (Lipinski definition) is 3. The molecule has 1 aliphatic carbocycles. The number of nitrogens with two attached hydrogens (primary N) is 1. The molecule has 1 aliphatic rings. The molecule has 2 aromatic rings. The number of nitro groups is 1. The summed E-state index contributed by atoms with van der Waals surface area (Å²) in [5.74, 6) is 2.53. The number of ether oxygens (including phenoxy) is 1. The van der Waals surface area contributed by atoms with Crippen LogP contribution in [-0.4, -0.2) is 41.6 Å². The summed E-state index contributed by atoms with van der Waals surface area (Å²) >= 11 is 0. The van der Waals surface area contributed by atoms with E-state index in [4.69, 9.17) is 10.5 Å². The average molecular weight is 415 g/mol. The van der Waals surface area contributed by atoms with E-state index in [-0.39, 0.29) is 11.5 Å². The summed E-state index contributed by atoms with van der Waals surface area (Å²) in [6, 6.07) is 7.84. The summed E-state index contributed by atoms with van der Waals surface area (Å²) in [5, 5.41) is 17.7. The van der Waals surface area contributed by atoms with Crippen molar-refractivity contribution >= 4 is 17.5 Å². The highest BCUT2D eigenvalue weighted by molar-refractivity contribution is 5.57. The first-order valence-corrected chi connectivity index (χ1v) is 10.4. The summed E-state index contributed by atoms with van der Waals surface area (Å²) in [6.45, 7) is 2.01. The molecule has 1 heterocycles. The minimum Gasteiger partial charge on any atom is -0.497 e. The Bertz CT molecular complexity index is 839. The van der Waals surface area contributed by atoms with Gasteiger partial charge < -0.3 is 21.1 Å². The highest BCUT2D eigenvalue weighted by Crippen LogP contribution is 2.29. The third-order valence-corrected chi connectivity index (χ3v) is 5.65. The molecule has 30 heavy (non-hydrogen) atoms. The largest absolute Gasteiger partial charge is 0.497 e. The summed E-state index contributed by atoms with van der Waals surface area (Å²) in [6.07, 6.45) is 6.41. The van der Waals surface area contributed by atoms with Crippen molar-refractivity contribution in [1.82, 2.24) is 9.97 Å². The Morgan fingerprint density at radius 3 is 2.70 bits per heavy atom. The van der Waals surface area contributed by atoms with Gasteiger partial charge in [-0.15, -0.1) is 0 Å². The van der Waals surface area contributed by atoms with Gasteiger partial charge in [0.15, 0.2) is 0 Å². The minimum atomic E-state index is -0.451. The fourth-order valence-corrected chi connectivity index (χ4v) is 3.78. The molecule has 1 fully saturated rings. The van der Waals surface area contributed by atoms with Gasteiger partial charge in [0.05, 0.1) is 12.0 Å². The Morgan fingerprint density at radius 2 is 2.00 bits per heavy atom. The van der Waals surface area contributed by atoms with Gasteiger partial charge in [0, 0.05) is 13.1 Å². The van der Waals surface area contributed by atoms with Gasteiger partial charge in [0.2, 0.25) is 11.8 Å². The monoisotopic (exact) mass is 414 g/mol. The van der Waals surface area contributed by atoms with Crippen LogP contribution < -0.4 is 21.1 Å². The van der Waals surface area contributed by atoms with Gasteiger partial charge in [-0.1, -0.05) is 12.1 Å². The fourth-order valence-electron chi connectivity index (χ4n) is 3.78. The molecule has 0 saturated heterocycles. The second kappa shape index (κ2) is 10.7. The lowest BCUT2D eigenvalue weighted by molar-refractivity contribution is -0.384. The van der Waals surface area contributed by atoms with Gasteiger partial charge in [-0.25, -0.2) is 4.98 Å². The predicted molar refractivity (Wildman–Crippen MR) is 117 cm³/mol. The van der Waals surface area contributed by atoms with Crippen LogP contribution in [0.3, 0.4) is 0 Å². The fraction of sp³-hybridized carbons (Fsp3) is 0.524. The molecule has 1 saturated carbocycles. The highest BCUT2D eigenvalue weighted by atomic mass is 16.6. The molecule has 1 aromatic heterocycles. The van der Waals surface area contributed by atoms with Crippen LogP contribution in [0.2, 0.25) is 0 Å². The van der Waals surface area contributed by atoms with Crippen molar-refractivity contribution in [2.75, 3.05) is 37.4 Å². The molecule has 3 rings (SSSR count). The number of nitrogens with zero attached hydrogens (tertiary/aromatic N) is 3. The zero-order valence-electron chi connectivity index (χ0n) is 17.3. The van der Waals surface area contributed by atoms with E-state index in [1.165, 1.54) is 6.20 Å². The molecule has 0 spiro atoms. The summed E-state index contributed by atoms with van der Waals surface area (Å²) < 4.78 is 5.24. The number of nitrogens with one attached hydrogen (secondary N) is 2. The van der Waals surface area contributed by atoms with E-state index in [1.807, 2.05) is 24.3 Å². The van der Waals surface area contributed by atoms with Gasteiger partial charge in [-0.3, -0.25) is 10.1 Å². The van der Waals surface area contributed by atoms with E-state index in [2.05, 4.69) is 20.6 Å². The van der Waals surface area contributed by atoms with Crippen molar-refractivity contribution in [2.45, 2.75) is 32.1 Å². The quantitative estimate of drug-likeness (QED) is 0.399. The second-order valence-electron chi connectivity index (χ2n) is 7.72. The SMILES string of the molecule is COc1cccc(CCNc2ncc([N+](=O)[O-])c(NCC3CCC(CN)CC3)n2)c1. The summed E-state index contributed by atoms with van der Waals surface area (Å²) in [4.78, 5) is 19.4. The van der Waals surface area contributed by atoms with Crippen LogP contribution in [0, 0.1) is 22.0 Å². The Kier molecular flexibility index (Phi) is 7.78. The third-order valence-electron chi connectivity index (χ3n) is 5.65. The van der Waals surface area contributed by atoms with Gasteiger partial charge in [-0.05, 0) is 68.2 Å². The lowest BCUT2D eigenvalue weighted by atomic mass is 9.82. The van der Waals surface area contributed by atoms with Gasteiger partial charge in [0.25, 0.3) is 0 Å². The van der Waals surface area contributed by atoms with E-state index in [0.717, 1.165) is 50.0 Å². The standard InChI is InChI=1S/C21H30N6O3/c1-30-18-4-2-3-15(11-18)9-10-23-21-25-14-19(27(28)29)20(26-21)24-13-17-7-5-16(12-22)6-8-17/h2-4,11,14,16-17H,5-10,12-13,22H2,1H3,(H2,23,24,25,26). The maximum absolute atomic E-state index is 11.4. The molecular weight excluding hydrogens is 384 g/mol. The predicted octanol–water partition coefficient (Wildman–Crippen LogP) is 3.23. The van der Waals surface area contributed by atoms with Crippen LogP contribution in [0.25, 0.3) is 0 Å². The number of rotatable bonds is 10. The maximum Gasteiger partial charge on any atom is 0.329 e. The van der Waals surface area contributed by atoms with Crippen molar-refractivity contribution in [2.24, 2.45) is 17.6 Å². The normalized spacial score (nSPS) is 18.6. The van der Waals surface area contributed by atoms with E-state index >= 15 is 0 Å². The average Bonchev–Trinajstić information content (AvgIpc) is 2.78. The van der Waals surface area contributed by atoms with Crippen LogP contribution in [0.15, 0.2) is 30.5 Å². The molecule has 162 valence electrons. The topological polar surface area (TPSA) is 128 Å². The molecule has 0 aliphatic heterocycles. The van der Waals surface area contributed by atoms with Crippen LogP contribution in [-0.2, 0) is 6.42 Å². The zero-order chi connectivity index (χ0) is 21.3. The summed E-state index contributed by atoms with van der Waals surface area (Å²) in [7, 11) is 1.64. The summed E-state index contributed by atoms with van der Waals surface area (Å²) in [5.41, 5.74) is 6.77. The van der Waals surface area contributed by atoms with Crippen molar-refractivity contribution in [3.8, 4) is 5.75 Å². The lowest BCUT2D eigenvalue weighted by Crippen LogP contribution is -2.25. The van der Waals surface area contributed by atoms with E-state index in [1.54, 1.807) is 7.11 Å². The zero-order valence-corrected chi connectivity index (χ0v) is 17.3. The number of anilines is 2. The molecule has 0 radical (unpaired) electrons. The van der Waals surface area contributed by atoms with E-state index in [0.29, 0.717) is 30.9 Å². The lowest BCUT2D eigenvalue weighted by Gasteiger charge is -2.27. The van der Waals surface area contributed by atoms with Crippen molar-refractivity contribution in [1.29, 1.82) is 0 Å². The Balaban J connectivity index is 1.57. The number of methoxy groups -OCH3 is 1. The van der Waals surface area contributed by atoms with Crippen LogP contribution >= 0.6 is 0 Å². The molecule has 0 atom stereocenters. The maximum atomic E-state index is 11.4. The van der Waals surface area contributed by atoms with Crippen molar-refractivity contribution in [3.05, 3.63) is 46.1 Å². The van der Waals surface area contributed by atoms with E-state index < -0.39 is 4.92 Å². The van der Waals surface area contributed by atoms with Gasteiger partial charge in [0.1, 0.15) is 11.9 Å². The minimum absolute atomic E-state index is 0.107. The number of aromatic nitrogens is 2. The Labute approximate surface area is 176 Å². The third kappa shape index (κ3) is 6.03. The van der Waals surface area contributed by atoms with Crippen LogP contribution in [0.1, 0.15) is 31.2 Å². The molecule has 4 N–H and O–H groups in total. The molecule has 0 bridgehead atoms. The molecule has 0 unspecified atom stereocenters. The first-order chi connectivity index (χ1) is 14.6. The van der Waals surface area contributed by atoms with Gasteiger partial charge in [-0.2, -0.15) is 4.98 Å². The molecule has 9 nitrogen and oxygen atoms in total. The second-order valence-corrected chi connectivity index (χ2v) is 7.72. The van der Waals surface area contributed by atoms with Crippen LogP contribution in [0.4, 0.5) is 17.5 Å². The number of benzene rings is 1. The Morgan fingerprint density at radius 1 is 1.23 bits per heavy atom. The van der Waals surface area contributed by atoms with Crippen LogP contribution in [0.5, 0.6) is 5.75 Å². The van der Waals surface area contributed by atoms with Crippen molar-refractivity contribution < 1.29 is 9.66 Å². The smallest absolute Gasteiger partial charge is 0.329 e. The molecular formula is C21H30N6O3. The first-order valence-electron chi connectivity index (χ1n) is 10.4.